The molecule has 0 fully saturated rings. The van der Waals surface area contributed by atoms with Crippen LogP contribution < -0.4 is 0 Å². The number of fused-ring (bicyclic) bond motifs is 1. The number of nitrogens with one attached hydrogen (secondary N) is 1. The van der Waals surface area contributed by atoms with Gasteiger partial charge in [-0.3, -0.25) is 0 Å². The predicted molar refractivity (Wildman–Crippen MR) is 54.5 cm³/mol. The zero-order valence-corrected chi connectivity index (χ0v) is 7.94. The molecule has 1 aromatic carbocycles. The minimum Gasteiger partial charge on any atom is -0.447 e. The largest absolute Gasteiger partial charge is 0.447 e. The van der Waals surface area contributed by atoms with Gasteiger partial charge in [0.1, 0.15) is 0 Å². The van der Waals surface area contributed by atoms with Gasteiger partial charge in [-0.05, 0) is 18.2 Å². The van der Waals surface area contributed by atoms with Gasteiger partial charge in [0.15, 0.2) is 6.10 Å². The molecule has 0 bridgehead atoms. The lowest BCUT2D eigenvalue weighted by Crippen LogP contribution is -2.00. The molecule has 2 aromatic rings. The molecule has 15 heavy (non-hydrogen) atoms. The summed E-state index contributed by atoms with van der Waals surface area (Å²) in [5.41, 5.74) is 2.51. The second kappa shape index (κ2) is 2.98. The van der Waals surface area contributed by atoms with Gasteiger partial charge in [0.05, 0.1) is 11.3 Å². The van der Waals surface area contributed by atoms with Crippen molar-refractivity contribution in [2.45, 2.75) is 6.10 Å². The van der Waals surface area contributed by atoms with E-state index < -0.39 is 0 Å². The number of carbonyl (C=O) groups excluding carboxylic acids is 1. The van der Waals surface area contributed by atoms with Crippen molar-refractivity contribution < 1.29 is 9.53 Å². The van der Waals surface area contributed by atoms with Crippen LogP contribution in [0.4, 0.5) is 0 Å². The second-order valence-electron chi connectivity index (χ2n) is 3.50. The third-order valence-electron chi connectivity index (χ3n) is 2.59. The maximum Gasteiger partial charge on any atom is 0.339 e. The normalized spacial score (nSPS) is 18.7. The molecule has 1 aliphatic rings. The first kappa shape index (κ1) is 8.29. The van der Waals surface area contributed by atoms with E-state index in [0.29, 0.717) is 5.56 Å². The molecule has 3 rings (SSSR count). The molecule has 0 saturated carbocycles. The van der Waals surface area contributed by atoms with E-state index in [1.807, 2.05) is 36.5 Å². The van der Waals surface area contributed by atoms with E-state index in [4.69, 9.17) is 4.74 Å². The molecule has 0 aliphatic carbocycles. The maximum atomic E-state index is 11.5. The maximum absolute atomic E-state index is 11.5. The molecule has 0 spiro atoms. The Bertz CT molecular complexity index is 502. The van der Waals surface area contributed by atoms with Gasteiger partial charge in [-0.2, -0.15) is 0 Å². The van der Waals surface area contributed by atoms with E-state index in [9.17, 15) is 4.79 Å². The van der Waals surface area contributed by atoms with Gasteiger partial charge in [-0.15, -0.1) is 0 Å². The van der Waals surface area contributed by atoms with E-state index in [1.165, 1.54) is 0 Å². The Morgan fingerprint density at radius 2 is 2.00 bits per heavy atom. The van der Waals surface area contributed by atoms with E-state index in [-0.39, 0.29) is 12.1 Å². The average Bonchev–Trinajstić information content (AvgIpc) is 2.87. The molecule has 1 atom stereocenters. The summed E-state index contributed by atoms with van der Waals surface area (Å²) < 4.78 is 5.31. The van der Waals surface area contributed by atoms with E-state index in [0.717, 1.165) is 11.3 Å². The van der Waals surface area contributed by atoms with Crippen molar-refractivity contribution in [3.63, 3.8) is 0 Å². The Morgan fingerprint density at radius 3 is 2.80 bits per heavy atom. The Hall–Kier alpha value is -2.03. The second-order valence-corrected chi connectivity index (χ2v) is 3.50. The summed E-state index contributed by atoms with van der Waals surface area (Å²) in [6, 6.07) is 11.3. The lowest BCUT2D eigenvalue weighted by molar-refractivity contribution is 0.0450. The molecule has 0 radical (unpaired) electrons. The van der Waals surface area contributed by atoms with Crippen LogP contribution >= 0.6 is 0 Å². The quantitative estimate of drug-likeness (QED) is 0.716. The van der Waals surface area contributed by atoms with Crippen LogP contribution in [0.2, 0.25) is 0 Å². The van der Waals surface area contributed by atoms with E-state index in [2.05, 4.69) is 4.98 Å². The highest BCUT2D eigenvalue weighted by Crippen LogP contribution is 2.34. The van der Waals surface area contributed by atoms with E-state index >= 15 is 0 Å². The number of aromatic nitrogens is 1. The Morgan fingerprint density at radius 1 is 1.13 bits per heavy atom. The first-order valence-corrected chi connectivity index (χ1v) is 4.79. The lowest BCUT2D eigenvalue weighted by atomic mass is 10.0. The molecule has 0 saturated heterocycles. The zero-order chi connectivity index (χ0) is 10.3. The minimum atomic E-state index is -0.274. The SMILES string of the molecule is O=C1OC(c2ccc[nH]2)c2ccccc21. The molecular formula is C12H9NO2. The highest BCUT2D eigenvalue weighted by Gasteiger charge is 2.31. The molecule has 74 valence electrons. The first-order valence-electron chi connectivity index (χ1n) is 4.79. The van der Waals surface area contributed by atoms with Gasteiger partial charge in [-0.1, -0.05) is 18.2 Å². The average molecular weight is 199 g/mol. The number of hydrogen-bond acceptors (Lipinski definition) is 2. The number of aromatic amines is 1. The molecule has 3 heteroatoms. The highest BCUT2D eigenvalue weighted by molar-refractivity contribution is 5.94. The minimum absolute atomic E-state index is 0.245. The summed E-state index contributed by atoms with van der Waals surface area (Å²) in [6.45, 7) is 0. The van der Waals surface area contributed by atoms with Crippen LogP contribution in [0, 0.1) is 0 Å². The van der Waals surface area contributed by atoms with Gasteiger partial charge in [0.25, 0.3) is 0 Å². The molecule has 2 heterocycles. The first-order chi connectivity index (χ1) is 7.36. The summed E-state index contributed by atoms with van der Waals surface area (Å²) in [4.78, 5) is 14.6. The number of H-pyrrole nitrogens is 1. The van der Waals surface area contributed by atoms with Gasteiger partial charge < -0.3 is 9.72 Å². The van der Waals surface area contributed by atoms with Crippen molar-refractivity contribution >= 4 is 5.97 Å². The summed E-state index contributed by atoms with van der Waals surface area (Å²) in [5, 5.41) is 0. The molecular weight excluding hydrogens is 190 g/mol. The number of cyclic esters (lactones) is 1. The van der Waals surface area contributed by atoms with Gasteiger partial charge in [-0.25, -0.2) is 4.79 Å². The van der Waals surface area contributed by atoms with Crippen molar-refractivity contribution in [2.24, 2.45) is 0 Å². The van der Waals surface area contributed by atoms with Crippen LogP contribution in [-0.2, 0) is 4.74 Å². The van der Waals surface area contributed by atoms with Crippen molar-refractivity contribution in [3.05, 3.63) is 59.4 Å². The standard InChI is InChI=1S/C12H9NO2/c14-12-9-5-2-1-4-8(9)11(15-12)10-6-3-7-13-10/h1-7,11,13H. The van der Waals surface area contributed by atoms with Crippen molar-refractivity contribution in [2.75, 3.05) is 0 Å². The van der Waals surface area contributed by atoms with Crippen LogP contribution in [0.1, 0.15) is 27.7 Å². The smallest absolute Gasteiger partial charge is 0.339 e. The van der Waals surface area contributed by atoms with Crippen LogP contribution in [-0.4, -0.2) is 11.0 Å². The molecule has 3 nitrogen and oxygen atoms in total. The fourth-order valence-corrected chi connectivity index (χ4v) is 1.88. The van der Waals surface area contributed by atoms with Crippen LogP contribution in [0.15, 0.2) is 42.6 Å². The summed E-state index contributed by atoms with van der Waals surface area (Å²) in [7, 11) is 0. The highest BCUT2D eigenvalue weighted by atomic mass is 16.5. The van der Waals surface area contributed by atoms with Gasteiger partial charge in [0.2, 0.25) is 0 Å². The monoisotopic (exact) mass is 199 g/mol. The molecule has 1 unspecified atom stereocenters. The predicted octanol–water partition coefficient (Wildman–Crippen LogP) is 2.27. The van der Waals surface area contributed by atoms with Crippen molar-refractivity contribution in [1.82, 2.24) is 4.98 Å². The lowest BCUT2D eigenvalue weighted by Gasteiger charge is -2.07. The molecule has 1 N–H and O–H groups in total. The fraction of sp³-hybridized carbons (Fsp3) is 0.0833. The van der Waals surface area contributed by atoms with Gasteiger partial charge in [0, 0.05) is 11.8 Å². The Labute approximate surface area is 86.7 Å². The Kier molecular flexibility index (Phi) is 1.65. The molecule has 1 aromatic heterocycles. The summed E-state index contributed by atoms with van der Waals surface area (Å²) in [6.07, 6.45) is 1.55. The number of rotatable bonds is 1. The zero-order valence-electron chi connectivity index (χ0n) is 7.94. The summed E-state index contributed by atoms with van der Waals surface area (Å²) in [5.74, 6) is -0.245. The molecule has 0 amide bonds. The number of ether oxygens (including phenoxy) is 1. The van der Waals surface area contributed by atoms with Crippen molar-refractivity contribution in [3.8, 4) is 0 Å². The topological polar surface area (TPSA) is 42.1 Å². The van der Waals surface area contributed by atoms with Crippen LogP contribution in [0.3, 0.4) is 0 Å². The number of esters is 1. The van der Waals surface area contributed by atoms with E-state index in [1.54, 1.807) is 6.07 Å². The third kappa shape index (κ3) is 1.16. The molecule has 1 aliphatic heterocycles. The van der Waals surface area contributed by atoms with Crippen molar-refractivity contribution in [1.29, 1.82) is 0 Å². The number of benzene rings is 1. The summed E-state index contributed by atoms with van der Waals surface area (Å²) >= 11 is 0. The van der Waals surface area contributed by atoms with Crippen LogP contribution in [0.5, 0.6) is 0 Å². The fourth-order valence-electron chi connectivity index (χ4n) is 1.88. The number of hydrogen-bond donors (Lipinski definition) is 1. The van der Waals surface area contributed by atoms with Gasteiger partial charge >= 0.3 is 5.97 Å². The third-order valence-corrected chi connectivity index (χ3v) is 2.59. The van der Waals surface area contributed by atoms with Crippen LogP contribution in [0.25, 0.3) is 0 Å². The Balaban J connectivity index is 2.13. The number of carbonyl (C=O) groups is 1.